The quantitative estimate of drug-likeness (QED) is 0.875. The third-order valence-corrected chi connectivity index (χ3v) is 2.95. The van der Waals surface area contributed by atoms with E-state index >= 15 is 0 Å². The molecule has 3 N–H and O–H groups in total. The van der Waals surface area contributed by atoms with E-state index in [9.17, 15) is 4.79 Å². The van der Waals surface area contributed by atoms with E-state index in [-0.39, 0.29) is 5.91 Å². The third kappa shape index (κ3) is 3.39. The number of hydrogen-bond acceptors (Lipinski definition) is 3. The summed E-state index contributed by atoms with van der Waals surface area (Å²) in [4.78, 5) is 16.1. The van der Waals surface area contributed by atoms with Crippen molar-refractivity contribution in [1.82, 2.24) is 10.3 Å². The van der Waals surface area contributed by atoms with E-state index in [0.717, 1.165) is 16.8 Å². The normalized spacial score (nSPS) is 10.2. The van der Waals surface area contributed by atoms with E-state index in [1.807, 2.05) is 37.3 Å². The fourth-order valence-electron chi connectivity index (χ4n) is 1.81. The van der Waals surface area contributed by atoms with Crippen molar-refractivity contribution in [3.05, 3.63) is 65.0 Å². The number of nitrogens with one attached hydrogen (secondary N) is 1. The summed E-state index contributed by atoms with van der Waals surface area (Å²) in [6, 6.07) is 11.4. The van der Waals surface area contributed by atoms with Crippen LogP contribution in [0.3, 0.4) is 0 Å². The van der Waals surface area contributed by atoms with Crippen molar-refractivity contribution in [2.24, 2.45) is 5.73 Å². The van der Waals surface area contributed by atoms with Crippen molar-refractivity contribution in [2.45, 2.75) is 20.0 Å². The zero-order valence-electron chi connectivity index (χ0n) is 10.9. The molecule has 4 heteroatoms. The van der Waals surface area contributed by atoms with Gasteiger partial charge in [-0.25, -0.2) is 0 Å². The second-order valence-electron chi connectivity index (χ2n) is 4.34. The van der Waals surface area contributed by atoms with E-state index in [1.165, 1.54) is 0 Å². The van der Waals surface area contributed by atoms with Gasteiger partial charge in [0.25, 0.3) is 5.91 Å². The fourth-order valence-corrected chi connectivity index (χ4v) is 1.81. The summed E-state index contributed by atoms with van der Waals surface area (Å²) in [5, 5.41) is 2.87. The highest BCUT2D eigenvalue weighted by molar-refractivity contribution is 5.93. The topological polar surface area (TPSA) is 68.0 Å². The molecular weight excluding hydrogens is 238 g/mol. The average molecular weight is 255 g/mol. The Morgan fingerprint density at radius 3 is 2.58 bits per heavy atom. The number of pyridine rings is 1. The Bertz CT molecular complexity index is 564. The molecule has 0 radical (unpaired) electrons. The molecule has 1 amide bonds. The second kappa shape index (κ2) is 6.11. The van der Waals surface area contributed by atoms with Crippen molar-refractivity contribution < 1.29 is 4.79 Å². The molecule has 0 atom stereocenters. The number of amides is 1. The number of carbonyl (C=O) groups excluding carboxylic acids is 1. The van der Waals surface area contributed by atoms with Gasteiger partial charge in [0, 0.05) is 25.0 Å². The molecule has 98 valence electrons. The maximum Gasteiger partial charge on any atom is 0.253 e. The minimum Gasteiger partial charge on any atom is -0.348 e. The Morgan fingerprint density at radius 2 is 1.95 bits per heavy atom. The van der Waals surface area contributed by atoms with Crippen molar-refractivity contribution in [3.8, 4) is 0 Å². The van der Waals surface area contributed by atoms with E-state index in [0.29, 0.717) is 18.7 Å². The smallest absolute Gasteiger partial charge is 0.253 e. The van der Waals surface area contributed by atoms with Crippen LogP contribution in [0.5, 0.6) is 0 Å². The highest BCUT2D eigenvalue weighted by Gasteiger charge is 2.06. The Hall–Kier alpha value is -2.20. The minimum absolute atomic E-state index is 0.126. The lowest BCUT2D eigenvalue weighted by Gasteiger charge is -2.09. The summed E-state index contributed by atoms with van der Waals surface area (Å²) in [6.45, 7) is 2.83. The van der Waals surface area contributed by atoms with Gasteiger partial charge in [-0.3, -0.25) is 9.78 Å². The molecule has 0 aliphatic carbocycles. The standard InChI is InChI=1S/C15H17N3O/c1-11-6-7-14(10-17-11)15(19)18-9-13-5-3-2-4-12(13)8-16/h2-7,10H,8-9,16H2,1H3,(H,18,19). The molecule has 0 saturated heterocycles. The zero-order chi connectivity index (χ0) is 13.7. The van der Waals surface area contributed by atoms with Crippen molar-refractivity contribution in [2.75, 3.05) is 0 Å². The van der Waals surface area contributed by atoms with Gasteiger partial charge < -0.3 is 11.1 Å². The maximum atomic E-state index is 11.9. The van der Waals surface area contributed by atoms with Crippen LogP contribution in [0, 0.1) is 6.92 Å². The first kappa shape index (κ1) is 13.2. The van der Waals surface area contributed by atoms with Crippen LogP contribution in [0.2, 0.25) is 0 Å². The monoisotopic (exact) mass is 255 g/mol. The first-order chi connectivity index (χ1) is 9.20. The first-order valence-electron chi connectivity index (χ1n) is 6.18. The molecule has 1 heterocycles. The lowest BCUT2D eigenvalue weighted by atomic mass is 10.1. The van der Waals surface area contributed by atoms with Crippen LogP contribution in [0.25, 0.3) is 0 Å². The van der Waals surface area contributed by atoms with Gasteiger partial charge in [0.2, 0.25) is 0 Å². The largest absolute Gasteiger partial charge is 0.348 e. The Labute approximate surface area is 112 Å². The van der Waals surface area contributed by atoms with Gasteiger partial charge in [-0.2, -0.15) is 0 Å². The van der Waals surface area contributed by atoms with Gasteiger partial charge in [-0.1, -0.05) is 24.3 Å². The number of carbonyl (C=O) groups is 1. The predicted octanol–water partition coefficient (Wildman–Crippen LogP) is 1.78. The Kier molecular flexibility index (Phi) is 4.26. The number of aryl methyl sites for hydroxylation is 1. The number of rotatable bonds is 4. The molecule has 0 spiro atoms. The molecule has 0 aliphatic rings. The van der Waals surface area contributed by atoms with E-state index in [2.05, 4.69) is 10.3 Å². The highest BCUT2D eigenvalue weighted by atomic mass is 16.1. The van der Waals surface area contributed by atoms with Crippen LogP contribution >= 0.6 is 0 Å². The summed E-state index contributed by atoms with van der Waals surface area (Å²) < 4.78 is 0. The first-order valence-corrected chi connectivity index (χ1v) is 6.18. The molecule has 0 unspecified atom stereocenters. The molecule has 19 heavy (non-hydrogen) atoms. The number of nitrogens with two attached hydrogens (primary N) is 1. The van der Waals surface area contributed by atoms with Gasteiger partial charge in [-0.05, 0) is 30.2 Å². The van der Waals surface area contributed by atoms with Crippen molar-refractivity contribution in [1.29, 1.82) is 0 Å². The van der Waals surface area contributed by atoms with Gasteiger partial charge in [-0.15, -0.1) is 0 Å². The lowest BCUT2D eigenvalue weighted by molar-refractivity contribution is 0.0950. The van der Waals surface area contributed by atoms with Gasteiger partial charge in [0.05, 0.1) is 5.56 Å². The minimum atomic E-state index is -0.126. The molecule has 0 saturated carbocycles. The highest BCUT2D eigenvalue weighted by Crippen LogP contribution is 2.08. The molecule has 1 aromatic carbocycles. The van der Waals surface area contributed by atoms with Crippen LogP contribution in [0.1, 0.15) is 27.2 Å². The number of hydrogen-bond donors (Lipinski definition) is 2. The van der Waals surface area contributed by atoms with Crippen LogP contribution in [-0.4, -0.2) is 10.9 Å². The third-order valence-electron chi connectivity index (χ3n) is 2.95. The second-order valence-corrected chi connectivity index (χ2v) is 4.34. The van der Waals surface area contributed by atoms with Crippen molar-refractivity contribution in [3.63, 3.8) is 0 Å². The molecule has 2 rings (SSSR count). The molecule has 0 bridgehead atoms. The van der Waals surface area contributed by atoms with E-state index in [1.54, 1.807) is 12.3 Å². The number of nitrogens with zero attached hydrogens (tertiary/aromatic N) is 1. The summed E-state index contributed by atoms with van der Waals surface area (Å²) in [6.07, 6.45) is 1.58. The molecule has 2 aromatic rings. The van der Waals surface area contributed by atoms with Crippen molar-refractivity contribution >= 4 is 5.91 Å². The van der Waals surface area contributed by atoms with Crippen LogP contribution in [0.4, 0.5) is 0 Å². The van der Waals surface area contributed by atoms with Crippen LogP contribution in [-0.2, 0) is 13.1 Å². The Morgan fingerprint density at radius 1 is 1.21 bits per heavy atom. The maximum absolute atomic E-state index is 11.9. The summed E-state index contributed by atoms with van der Waals surface area (Å²) >= 11 is 0. The summed E-state index contributed by atoms with van der Waals surface area (Å²) in [5.41, 5.74) is 9.21. The van der Waals surface area contributed by atoms with Gasteiger partial charge >= 0.3 is 0 Å². The molecule has 4 nitrogen and oxygen atoms in total. The summed E-state index contributed by atoms with van der Waals surface area (Å²) in [5.74, 6) is -0.126. The molecule has 0 fully saturated rings. The molecule has 0 aliphatic heterocycles. The molecular formula is C15H17N3O. The fraction of sp³-hybridized carbons (Fsp3) is 0.200. The van der Waals surface area contributed by atoms with Crippen LogP contribution in [0.15, 0.2) is 42.6 Å². The number of benzene rings is 1. The number of aromatic nitrogens is 1. The van der Waals surface area contributed by atoms with Gasteiger partial charge in [0.15, 0.2) is 0 Å². The van der Waals surface area contributed by atoms with Gasteiger partial charge in [0.1, 0.15) is 0 Å². The lowest BCUT2D eigenvalue weighted by Crippen LogP contribution is -2.23. The average Bonchev–Trinajstić information content (AvgIpc) is 2.45. The van der Waals surface area contributed by atoms with E-state index < -0.39 is 0 Å². The van der Waals surface area contributed by atoms with E-state index in [4.69, 9.17) is 5.73 Å². The zero-order valence-corrected chi connectivity index (χ0v) is 10.9. The molecule has 1 aromatic heterocycles. The summed E-state index contributed by atoms with van der Waals surface area (Å²) in [7, 11) is 0. The SMILES string of the molecule is Cc1ccc(C(=O)NCc2ccccc2CN)cn1. The van der Waals surface area contributed by atoms with Crippen LogP contribution < -0.4 is 11.1 Å². The Balaban J connectivity index is 2.02. The predicted molar refractivity (Wildman–Crippen MR) is 74.5 cm³/mol.